The summed E-state index contributed by atoms with van der Waals surface area (Å²) >= 11 is 0. The average Bonchev–Trinajstić information content (AvgIpc) is 3.27. The number of aryl methyl sites for hydroxylation is 1. The number of hydrogen-bond acceptors (Lipinski definition) is 4. The van der Waals surface area contributed by atoms with E-state index in [-0.39, 0.29) is 5.91 Å². The zero-order valence-electron chi connectivity index (χ0n) is 14.9. The topological polar surface area (TPSA) is 64.2 Å². The fourth-order valence-electron chi connectivity index (χ4n) is 3.84. The van der Waals surface area contributed by atoms with Gasteiger partial charge in [-0.3, -0.25) is 9.48 Å². The summed E-state index contributed by atoms with van der Waals surface area (Å²) in [4.78, 5) is 14.8. The summed E-state index contributed by atoms with van der Waals surface area (Å²) in [5.41, 5.74) is 5.13. The molecule has 0 saturated carbocycles. The molecule has 5 rings (SSSR count). The maximum Gasteiger partial charge on any atom is 0.293 e. The Labute approximate surface area is 156 Å². The highest BCUT2D eigenvalue weighted by molar-refractivity contribution is 6.03. The molecule has 0 saturated heterocycles. The summed E-state index contributed by atoms with van der Waals surface area (Å²) in [7, 11) is 1.96. The second kappa shape index (κ2) is 6.09. The second-order valence-electron chi connectivity index (χ2n) is 6.77. The lowest BCUT2D eigenvalue weighted by molar-refractivity contribution is 0.0693. The Balaban J connectivity index is 1.48. The first-order chi connectivity index (χ1) is 13.2. The van der Waals surface area contributed by atoms with Gasteiger partial charge in [0.2, 0.25) is 5.76 Å². The SMILES string of the molecule is Cn1nc2c(c1-c1ccccc1)CCN(C(=O)c1onc3ccccc13)C2. The van der Waals surface area contributed by atoms with Crippen molar-refractivity contribution in [2.75, 3.05) is 6.54 Å². The van der Waals surface area contributed by atoms with Gasteiger partial charge in [0.15, 0.2) is 0 Å². The van der Waals surface area contributed by atoms with Crippen molar-refractivity contribution in [1.29, 1.82) is 0 Å². The Morgan fingerprint density at radius 3 is 2.70 bits per heavy atom. The van der Waals surface area contributed by atoms with Crippen molar-refractivity contribution < 1.29 is 9.32 Å². The first-order valence-electron chi connectivity index (χ1n) is 8.96. The minimum atomic E-state index is -0.138. The van der Waals surface area contributed by atoms with Gasteiger partial charge >= 0.3 is 0 Å². The van der Waals surface area contributed by atoms with Gasteiger partial charge < -0.3 is 9.42 Å². The van der Waals surface area contributed by atoms with Crippen LogP contribution in [0.4, 0.5) is 0 Å². The first kappa shape index (κ1) is 15.8. The minimum absolute atomic E-state index is 0.138. The van der Waals surface area contributed by atoms with Crippen LogP contribution in [-0.2, 0) is 20.0 Å². The Morgan fingerprint density at radius 1 is 1.07 bits per heavy atom. The fourth-order valence-corrected chi connectivity index (χ4v) is 3.84. The molecule has 0 atom stereocenters. The highest BCUT2D eigenvalue weighted by atomic mass is 16.5. The number of nitrogens with zero attached hydrogens (tertiary/aromatic N) is 4. The third-order valence-electron chi connectivity index (χ3n) is 5.11. The third-order valence-corrected chi connectivity index (χ3v) is 5.11. The van der Waals surface area contributed by atoms with Crippen molar-refractivity contribution in [3.8, 4) is 11.3 Å². The van der Waals surface area contributed by atoms with Crippen LogP contribution in [0.2, 0.25) is 0 Å². The molecule has 0 bridgehead atoms. The van der Waals surface area contributed by atoms with Crippen LogP contribution in [0.3, 0.4) is 0 Å². The summed E-state index contributed by atoms with van der Waals surface area (Å²) in [6, 6.07) is 17.7. The van der Waals surface area contributed by atoms with Crippen molar-refractivity contribution in [2.24, 2.45) is 7.05 Å². The molecule has 0 N–H and O–H groups in total. The second-order valence-corrected chi connectivity index (χ2v) is 6.77. The van der Waals surface area contributed by atoms with Crippen LogP contribution in [0.5, 0.6) is 0 Å². The Hall–Kier alpha value is -3.41. The molecule has 0 aliphatic carbocycles. The van der Waals surface area contributed by atoms with E-state index >= 15 is 0 Å². The third kappa shape index (κ3) is 2.52. The Kier molecular flexibility index (Phi) is 3.57. The monoisotopic (exact) mass is 358 g/mol. The zero-order chi connectivity index (χ0) is 18.4. The van der Waals surface area contributed by atoms with E-state index in [2.05, 4.69) is 22.4 Å². The van der Waals surface area contributed by atoms with E-state index in [0.29, 0.717) is 24.4 Å². The Bertz CT molecular complexity index is 1140. The van der Waals surface area contributed by atoms with Crippen LogP contribution in [-0.4, -0.2) is 32.3 Å². The number of fused-ring (bicyclic) bond motifs is 2. The summed E-state index contributed by atoms with van der Waals surface area (Å²) in [5, 5.41) is 9.42. The van der Waals surface area contributed by atoms with Gasteiger partial charge in [-0.2, -0.15) is 5.10 Å². The molecule has 1 aliphatic heterocycles. The molecule has 2 aromatic heterocycles. The van der Waals surface area contributed by atoms with Gasteiger partial charge in [0.25, 0.3) is 5.91 Å². The van der Waals surface area contributed by atoms with Gasteiger partial charge in [-0.05, 0) is 18.6 Å². The quantitative estimate of drug-likeness (QED) is 0.551. The largest absolute Gasteiger partial charge is 0.350 e. The summed E-state index contributed by atoms with van der Waals surface area (Å²) in [6.45, 7) is 1.11. The normalized spacial score (nSPS) is 13.7. The van der Waals surface area contributed by atoms with E-state index < -0.39 is 0 Å². The van der Waals surface area contributed by atoms with Crippen molar-refractivity contribution in [1.82, 2.24) is 19.8 Å². The molecule has 6 heteroatoms. The molecule has 4 aromatic rings. The first-order valence-corrected chi connectivity index (χ1v) is 8.96. The number of carbonyl (C=O) groups is 1. The Morgan fingerprint density at radius 2 is 1.85 bits per heavy atom. The molecular formula is C21H18N4O2. The van der Waals surface area contributed by atoms with E-state index in [1.165, 1.54) is 5.56 Å². The summed E-state index contributed by atoms with van der Waals surface area (Å²) in [5.74, 6) is 0.162. The van der Waals surface area contributed by atoms with E-state index in [1.807, 2.05) is 54.2 Å². The molecule has 134 valence electrons. The summed E-state index contributed by atoms with van der Waals surface area (Å²) < 4.78 is 7.26. The standard InChI is InChI=1S/C21H18N4O2/c1-24-19(14-7-3-2-4-8-14)15-11-12-25(13-18(15)22-24)21(26)20-16-9-5-6-10-17(16)23-27-20/h2-10H,11-13H2,1H3. The van der Waals surface area contributed by atoms with E-state index in [4.69, 9.17) is 4.52 Å². The van der Waals surface area contributed by atoms with Gasteiger partial charge in [-0.1, -0.05) is 47.6 Å². The van der Waals surface area contributed by atoms with Gasteiger partial charge in [-0.25, -0.2) is 0 Å². The van der Waals surface area contributed by atoms with Gasteiger partial charge in [0, 0.05) is 24.7 Å². The predicted octanol–water partition coefficient (Wildman–Crippen LogP) is 3.43. The predicted molar refractivity (Wildman–Crippen MR) is 101 cm³/mol. The van der Waals surface area contributed by atoms with Gasteiger partial charge in [0.1, 0.15) is 5.52 Å². The minimum Gasteiger partial charge on any atom is -0.350 e. The molecule has 0 spiro atoms. The van der Waals surface area contributed by atoms with Gasteiger partial charge in [-0.15, -0.1) is 0 Å². The molecule has 1 aliphatic rings. The van der Waals surface area contributed by atoms with E-state index in [1.54, 1.807) is 4.90 Å². The van der Waals surface area contributed by atoms with Crippen LogP contribution < -0.4 is 0 Å². The highest BCUT2D eigenvalue weighted by Crippen LogP contribution is 2.31. The molecule has 27 heavy (non-hydrogen) atoms. The molecule has 2 aromatic carbocycles. The van der Waals surface area contributed by atoms with Crippen molar-refractivity contribution in [3.63, 3.8) is 0 Å². The molecule has 3 heterocycles. The average molecular weight is 358 g/mol. The van der Waals surface area contributed by atoms with Gasteiger partial charge in [0.05, 0.1) is 23.3 Å². The molecule has 1 amide bonds. The lowest BCUT2D eigenvalue weighted by atomic mass is 9.99. The van der Waals surface area contributed by atoms with E-state index in [0.717, 1.165) is 28.8 Å². The maximum atomic E-state index is 13.0. The lowest BCUT2D eigenvalue weighted by Crippen LogP contribution is -2.35. The number of carbonyl (C=O) groups excluding carboxylic acids is 1. The van der Waals surface area contributed by atoms with Crippen molar-refractivity contribution >= 4 is 16.8 Å². The van der Waals surface area contributed by atoms with Crippen molar-refractivity contribution in [2.45, 2.75) is 13.0 Å². The molecular weight excluding hydrogens is 340 g/mol. The number of benzene rings is 2. The molecule has 0 radical (unpaired) electrons. The van der Waals surface area contributed by atoms with Crippen LogP contribution in [0, 0.1) is 0 Å². The van der Waals surface area contributed by atoms with Crippen LogP contribution in [0.1, 0.15) is 21.8 Å². The van der Waals surface area contributed by atoms with Crippen molar-refractivity contribution in [3.05, 3.63) is 71.6 Å². The zero-order valence-corrected chi connectivity index (χ0v) is 14.9. The smallest absolute Gasteiger partial charge is 0.293 e. The molecule has 6 nitrogen and oxygen atoms in total. The number of amides is 1. The maximum absolute atomic E-state index is 13.0. The van der Waals surface area contributed by atoms with Crippen LogP contribution in [0.25, 0.3) is 22.2 Å². The number of hydrogen-bond donors (Lipinski definition) is 0. The molecule has 0 fully saturated rings. The van der Waals surface area contributed by atoms with E-state index in [9.17, 15) is 4.79 Å². The summed E-state index contributed by atoms with van der Waals surface area (Å²) in [6.07, 6.45) is 0.769. The number of aromatic nitrogens is 3. The number of rotatable bonds is 2. The highest BCUT2D eigenvalue weighted by Gasteiger charge is 2.30. The molecule has 0 unspecified atom stereocenters. The van der Waals surface area contributed by atoms with Crippen LogP contribution >= 0.6 is 0 Å². The fraction of sp³-hybridized carbons (Fsp3) is 0.190. The lowest BCUT2D eigenvalue weighted by Gasteiger charge is -2.25. The van der Waals surface area contributed by atoms with Crippen LogP contribution in [0.15, 0.2) is 59.1 Å².